The molecule has 4 unspecified atom stereocenters. The first-order valence-electron chi connectivity index (χ1n) is 6.80. The Morgan fingerprint density at radius 3 is 2.74 bits per heavy atom. The number of aliphatic hydroxyl groups is 1. The monoisotopic (exact) mass is 256 g/mol. The number of hydrogen-bond donors (Lipinski definition) is 2. The molecule has 4 rings (SSSR count). The van der Waals surface area contributed by atoms with Crippen LogP contribution in [0.15, 0.2) is 47.7 Å². The second-order valence-electron chi connectivity index (χ2n) is 5.45. The molecule has 2 fully saturated rings. The Bertz CT molecular complexity index is 558. The van der Waals surface area contributed by atoms with Gasteiger partial charge in [-0.05, 0) is 12.8 Å². The maximum absolute atomic E-state index is 12.2. The van der Waals surface area contributed by atoms with Gasteiger partial charge in [0.1, 0.15) is 12.4 Å². The van der Waals surface area contributed by atoms with E-state index in [1.54, 1.807) is 0 Å². The fraction of sp³-hybridized carbons (Fsp3) is 0.400. The van der Waals surface area contributed by atoms with Crippen LogP contribution in [0.5, 0.6) is 0 Å². The lowest BCUT2D eigenvalue weighted by atomic mass is 9.88. The fourth-order valence-electron chi connectivity index (χ4n) is 3.58. The average Bonchev–Trinajstić information content (AvgIpc) is 2.73. The van der Waals surface area contributed by atoms with Gasteiger partial charge in [-0.1, -0.05) is 36.5 Å². The number of carbonyl (C=O) groups excluding carboxylic acids is 1. The Hall–Kier alpha value is -1.81. The summed E-state index contributed by atoms with van der Waals surface area (Å²) < 4.78 is 0. The largest absolute Gasteiger partial charge is 0.373 e. The van der Waals surface area contributed by atoms with Crippen molar-refractivity contribution in [3.8, 4) is 0 Å². The van der Waals surface area contributed by atoms with Crippen molar-refractivity contribution in [1.82, 2.24) is 10.2 Å². The van der Waals surface area contributed by atoms with E-state index < -0.39 is 6.23 Å². The van der Waals surface area contributed by atoms with Crippen molar-refractivity contribution in [2.45, 2.75) is 25.2 Å². The molecule has 0 aromatic heterocycles. The first kappa shape index (κ1) is 11.1. The minimum atomic E-state index is -0.565. The number of fused-ring (bicyclic) bond motifs is 5. The summed E-state index contributed by atoms with van der Waals surface area (Å²) in [5, 5.41) is 13.6. The van der Waals surface area contributed by atoms with E-state index >= 15 is 0 Å². The Kier molecular flexibility index (Phi) is 2.23. The van der Waals surface area contributed by atoms with Crippen LogP contribution >= 0.6 is 0 Å². The van der Waals surface area contributed by atoms with Crippen molar-refractivity contribution in [2.75, 3.05) is 0 Å². The highest BCUT2D eigenvalue weighted by atomic mass is 16.3. The molecule has 4 nitrogen and oxygen atoms in total. The molecule has 2 heterocycles. The second-order valence-corrected chi connectivity index (χ2v) is 5.45. The van der Waals surface area contributed by atoms with Gasteiger partial charge in [0.25, 0.3) is 5.91 Å². The molecule has 0 bridgehead atoms. The Morgan fingerprint density at radius 2 is 1.89 bits per heavy atom. The highest BCUT2D eigenvalue weighted by molar-refractivity contribution is 5.99. The highest BCUT2D eigenvalue weighted by Crippen LogP contribution is 2.43. The third-order valence-electron chi connectivity index (χ3n) is 4.45. The average molecular weight is 256 g/mol. The predicted molar refractivity (Wildman–Crippen MR) is 70.4 cm³/mol. The van der Waals surface area contributed by atoms with Crippen molar-refractivity contribution >= 4 is 5.91 Å². The number of nitrogens with zero attached hydrogens (tertiary/aromatic N) is 1. The number of nitrogens with one attached hydrogen (secondary N) is 1. The van der Waals surface area contributed by atoms with Crippen molar-refractivity contribution in [3.05, 3.63) is 47.7 Å². The van der Waals surface area contributed by atoms with Crippen LogP contribution in [-0.2, 0) is 4.79 Å². The van der Waals surface area contributed by atoms with Crippen molar-refractivity contribution < 1.29 is 9.90 Å². The summed E-state index contributed by atoms with van der Waals surface area (Å²) >= 11 is 0. The van der Waals surface area contributed by atoms with Gasteiger partial charge in [-0.3, -0.25) is 4.79 Å². The van der Waals surface area contributed by atoms with Crippen LogP contribution in [0.2, 0.25) is 0 Å². The van der Waals surface area contributed by atoms with Crippen LogP contribution in [0.1, 0.15) is 12.8 Å². The van der Waals surface area contributed by atoms with Crippen LogP contribution in [0.25, 0.3) is 0 Å². The van der Waals surface area contributed by atoms with E-state index in [1.165, 1.54) is 0 Å². The lowest BCUT2D eigenvalue weighted by Crippen LogP contribution is -2.54. The molecule has 2 aliphatic heterocycles. The molecule has 0 aromatic carbocycles. The smallest absolute Gasteiger partial charge is 0.254 e. The molecule has 1 amide bonds. The van der Waals surface area contributed by atoms with Crippen molar-refractivity contribution in [3.63, 3.8) is 0 Å². The van der Waals surface area contributed by atoms with Gasteiger partial charge in [-0.2, -0.15) is 0 Å². The van der Waals surface area contributed by atoms with Gasteiger partial charge in [0.15, 0.2) is 0 Å². The van der Waals surface area contributed by atoms with E-state index in [1.807, 2.05) is 29.2 Å². The van der Waals surface area contributed by atoms with Crippen LogP contribution in [0.4, 0.5) is 0 Å². The Labute approximate surface area is 111 Å². The van der Waals surface area contributed by atoms with Crippen LogP contribution < -0.4 is 5.32 Å². The number of rotatable bonds is 0. The SMILES string of the molecule is O=C1NC2C3C=CC=CC3C(O)N2C2=CCCC=C12. The van der Waals surface area contributed by atoms with E-state index in [0.29, 0.717) is 5.57 Å². The maximum Gasteiger partial charge on any atom is 0.254 e. The molecular formula is C15H16N2O2. The van der Waals surface area contributed by atoms with Gasteiger partial charge >= 0.3 is 0 Å². The quantitative estimate of drug-likeness (QED) is 0.681. The standard InChI is InChI=1S/C15H16N2O2/c18-14-11-7-3-4-8-12(11)17-13(16-14)9-5-1-2-6-10(9)15(17)19/h1-2,5-10,13,15,19H,3-4H2,(H,16,18). The molecule has 19 heavy (non-hydrogen) atoms. The third-order valence-corrected chi connectivity index (χ3v) is 4.45. The summed E-state index contributed by atoms with van der Waals surface area (Å²) in [5.74, 6) is 0.189. The lowest BCUT2D eigenvalue weighted by Gasteiger charge is -2.39. The lowest BCUT2D eigenvalue weighted by molar-refractivity contribution is -0.121. The molecule has 0 saturated carbocycles. The number of hydrogen-bond acceptors (Lipinski definition) is 3. The summed E-state index contributed by atoms with van der Waals surface area (Å²) in [5.41, 5.74) is 1.62. The molecule has 4 atom stereocenters. The molecule has 98 valence electrons. The summed E-state index contributed by atoms with van der Waals surface area (Å²) in [6, 6.07) is 0. The van der Waals surface area contributed by atoms with E-state index in [4.69, 9.17) is 0 Å². The van der Waals surface area contributed by atoms with E-state index in [0.717, 1.165) is 18.5 Å². The maximum atomic E-state index is 12.2. The normalized spacial score (nSPS) is 39.0. The minimum absolute atomic E-state index is 0.0111. The predicted octanol–water partition coefficient (Wildman–Crippen LogP) is 1.04. The van der Waals surface area contributed by atoms with Gasteiger partial charge < -0.3 is 15.3 Å². The first-order chi connectivity index (χ1) is 9.27. The number of aliphatic hydroxyl groups excluding tert-OH is 1. The molecule has 0 radical (unpaired) electrons. The summed E-state index contributed by atoms with van der Waals surface area (Å²) in [7, 11) is 0. The van der Waals surface area contributed by atoms with Gasteiger partial charge in [0.2, 0.25) is 0 Å². The molecule has 0 aromatic rings. The van der Waals surface area contributed by atoms with Gasteiger partial charge in [-0.25, -0.2) is 0 Å². The number of carbonyl (C=O) groups is 1. The highest BCUT2D eigenvalue weighted by Gasteiger charge is 2.51. The van der Waals surface area contributed by atoms with E-state index in [9.17, 15) is 9.90 Å². The van der Waals surface area contributed by atoms with Crippen LogP contribution in [0, 0.1) is 11.8 Å². The summed E-state index contributed by atoms with van der Waals surface area (Å²) in [4.78, 5) is 14.2. The van der Waals surface area contributed by atoms with Crippen LogP contribution in [-0.4, -0.2) is 28.3 Å². The van der Waals surface area contributed by atoms with Crippen molar-refractivity contribution in [1.29, 1.82) is 0 Å². The third kappa shape index (κ3) is 1.40. The van der Waals surface area contributed by atoms with Gasteiger partial charge in [0, 0.05) is 17.5 Å². The zero-order chi connectivity index (χ0) is 13.0. The molecule has 4 aliphatic rings. The van der Waals surface area contributed by atoms with E-state index in [-0.39, 0.29) is 23.9 Å². The molecule has 0 spiro atoms. The molecule has 2 N–H and O–H groups in total. The minimum Gasteiger partial charge on any atom is -0.373 e. The Balaban J connectivity index is 1.80. The topological polar surface area (TPSA) is 52.6 Å². The van der Waals surface area contributed by atoms with Crippen LogP contribution in [0.3, 0.4) is 0 Å². The molecule has 4 heteroatoms. The zero-order valence-corrected chi connectivity index (χ0v) is 10.5. The molecule has 2 saturated heterocycles. The zero-order valence-electron chi connectivity index (χ0n) is 10.5. The number of allylic oxidation sites excluding steroid dienone is 4. The van der Waals surface area contributed by atoms with E-state index in [2.05, 4.69) is 17.5 Å². The van der Waals surface area contributed by atoms with Gasteiger partial charge in [-0.15, -0.1) is 0 Å². The Morgan fingerprint density at radius 1 is 1.16 bits per heavy atom. The fourth-order valence-corrected chi connectivity index (χ4v) is 3.58. The molecular weight excluding hydrogens is 240 g/mol. The summed E-state index contributed by atoms with van der Waals surface area (Å²) in [6.45, 7) is 0. The number of amides is 1. The summed E-state index contributed by atoms with van der Waals surface area (Å²) in [6.07, 6.45) is 13.3. The first-order valence-corrected chi connectivity index (χ1v) is 6.80. The van der Waals surface area contributed by atoms with Crippen molar-refractivity contribution in [2.24, 2.45) is 11.8 Å². The molecule has 2 aliphatic carbocycles. The second kappa shape index (κ2) is 3.84. The van der Waals surface area contributed by atoms with Gasteiger partial charge in [0.05, 0.1) is 5.57 Å².